The minimum absolute atomic E-state index is 0.00510. The number of rotatable bonds is 5. The number of ether oxygens (including phenoxy) is 2. The number of carbonyl (C=O) groups is 1. The summed E-state index contributed by atoms with van der Waals surface area (Å²) in [7, 11) is 1.40. The molecule has 0 aliphatic rings. The van der Waals surface area contributed by atoms with Gasteiger partial charge in [0.2, 0.25) is 0 Å². The Bertz CT molecular complexity index is 673. The molecule has 21 heavy (non-hydrogen) atoms. The molecule has 0 aliphatic carbocycles. The molecule has 2 aromatic rings. The molecule has 0 radical (unpaired) electrons. The van der Waals surface area contributed by atoms with Crippen LogP contribution in [0.2, 0.25) is 0 Å². The lowest BCUT2D eigenvalue weighted by Gasteiger charge is -2.15. The molecule has 0 aromatic heterocycles. The van der Waals surface area contributed by atoms with Crippen LogP contribution >= 0.6 is 22.6 Å². The van der Waals surface area contributed by atoms with Crippen LogP contribution in [0.5, 0.6) is 11.5 Å². The first kappa shape index (κ1) is 15.6. The fraction of sp³-hybridized carbons (Fsp3) is 0.133. The molecule has 110 valence electrons. The van der Waals surface area contributed by atoms with Crippen LogP contribution in [0.3, 0.4) is 0 Å². The summed E-state index contributed by atoms with van der Waals surface area (Å²) in [6.07, 6.45) is 0. The topological polar surface area (TPSA) is 58.6 Å². The SMILES string of the molecule is COc1cc(C(=O)[O-])cc(I)c1OCc1ccccc1F. The van der Waals surface area contributed by atoms with Crippen molar-refractivity contribution < 1.29 is 23.8 Å². The molecular weight excluding hydrogens is 390 g/mol. The Morgan fingerprint density at radius 1 is 1.33 bits per heavy atom. The number of benzene rings is 2. The standard InChI is InChI=1S/C15H12FIO4/c1-20-13-7-10(15(18)19)6-12(17)14(13)21-8-9-4-2-3-5-11(9)16/h2-7H,8H2,1H3,(H,18,19)/p-1. The molecule has 6 heteroatoms. The van der Waals surface area contributed by atoms with Crippen LogP contribution in [0.15, 0.2) is 36.4 Å². The van der Waals surface area contributed by atoms with Gasteiger partial charge in [-0.15, -0.1) is 0 Å². The van der Waals surface area contributed by atoms with Gasteiger partial charge < -0.3 is 19.4 Å². The highest BCUT2D eigenvalue weighted by molar-refractivity contribution is 14.1. The summed E-state index contributed by atoms with van der Waals surface area (Å²) < 4.78 is 24.8. The molecule has 0 amide bonds. The van der Waals surface area contributed by atoms with Crippen LogP contribution in [-0.4, -0.2) is 13.1 Å². The van der Waals surface area contributed by atoms with Gasteiger partial charge in [-0.2, -0.15) is 0 Å². The number of hydrogen-bond acceptors (Lipinski definition) is 4. The van der Waals surface area contributed by atoms with Gasteiger partial charge in [-0.05, 0) is 40.8 Å². The van der Waals surface area contributed by atoms with Crippen molar-refractivity contribution in [3.05, 3.63) is 56.9 Å². The highest BCUT2D eigenvalue weighted by Crippen LogP contribution is 2.34. The monoisotopic (exact) mass is 401 g/mol. The molecule has 0 atom stereocenters. The largest absolute Gasteiger partial charge is 0.545 e. The zero-order valence-electron chi connectivity index (χ0n) is 11.1. The average molecular weight is 401 g/mol. The van der Waals surface area contributed by atoms with Crippen molar-refractivity contribution in [2.45, 2.75) is 6.61 Å². The van der Waals surface area contributed by atoms with Crippen LogP contribution < -0.4 is 14.6 Å². The van der Waals surface area contributed by atoms with E-state index in [-0.39, 0.29) is 23.7 Å². The van der Waals surface area contributed by atoms with E-state index in [4.69, 9.17) is 9.47 Å². The first-order valence-electron chi connectivity index (χ1n) is 5.98. The van der Waals surface area contributed by atoms with Crippen molar-refractivity contribution in [1.82, 2.24) is 0 Å². The molecule has 2 aromatic carbocycles. The van der Waals surface area contributed by atoms with Gasteiger partial charge in [0.1, 0.15) is 12.4 Å². The fourth-order valence-electron chi connectivity index (χ4n) is 1.74. The molecule has 2 rings (SSSR count). The summed E-state index contributed by atoms with van der Waals surface area (Å²) >= 11 is 1.93. The molecule has 0 heterocycles. The summed E-state index contributed by atoms with van der Waals surface area (Å²) in [4.78, 5) is 10.9. The Labute approximate surface area is 134 Å². The predicted octanol–water partition coefficient (Wildman–Crippen LogP) is 2.38. The molecule has 0 spiro atoms. The summed E-state index contributed by atoms with van der Waals surface area (Å²) in [6, 6.07) is 8.99. The van der Waals surface area contributed by atoms with E-state index in [1.807, 2.05) is 22.6 Å². The number of carbonyl (C=O) groups excluding carboxylic acids is 1. The van der Waals surface area contributed by atoms with E-state index in [0.29, 0.717) is 14.9 Å². The second-order valence-corrected chi connectivity index (χ2v) is 5.32. The molecule has 4 nitrogen and oxygen atoms in total. The molecule has 0 bridgehead atoms. The van der Waals surface area contributed by atoms with Crippen molar-refractivity contribution in [2.24, 2.45) is 0 Å². The summed E-state index contributed by atoms with van der Waals surface area (Å²) in [5.74, 6) is -1.03. The number of methoxy groups -OCH3 is 1. The summed E-state index contributed by atoms with van der Waals surface area (Å²) in [5.41, 5.74) is 0.397. The van der Waals surface area contributed by atoms with E-state index in [2.05, 4.69) is 0 Å². The van der Waals surface area contributed by atoms with Crippen molar-refractivity contribution in [2.75, 3.05) is 7.11 Å². The van der Waals surface area contributed by atoms with Crippen molar-refractivity contribution in [3.8, 4) is 11.5 Å². The molecule has 0 aliphatic heterocycles. The van der Waals surface area contributed by atoms with Crippen LogP contribution in [0, 0.1) is 9.39 Å². The Morgan fingerprint density at radius 2 is 2.05 bits per heavy atom. The first-order chi connectivity index (χ1) is 10.0. The number of carboxylic acids is 1. The molecule has 0 unspecified atom stereocenters. The van der Waals surface area contributed by atoms with E-state index in [1.165, 1.54) is 25.3 Å². The maximum absolute atomic E-state index is 13.5. The number of halogens is 2. The second kappa shape index (κ2) is 6.75. The zero-order valence-corrected chi connectivity index (χ0v) is 13.2. The maximum atomic E-state index is 13.5. The Hall–Kier alpha value is -1.83. The van der Waals surface area contributed by atoms with E-state index >= 15 is 0 Å². The molecule has 0 saturated carbocycles. The summed E-state index contributed by atoms with van der Waals surface area (Å²) in [6.45, 7) is 0.0176. The highest BCUT2D eigenvalue weighted by atomic mass is 127. The number of hydrogen-bond donors (Lipinski definition) is 0. The third kappa shape index (κ3) is 3.63. The minimum Gasteiger partial charge on any atom is -0.545 e. The Balaban J connectivity index is 2.28. The zero-order chi connectivity index (χ0) is 15.4. The summed E-state index contributed by atoms with van der Waals surface area (Å²) in [5, 5.41) is 10.9. The van der Waals surface area contributed by atoms with Crippen LogP contribution in [0.25, 0.3) is 0 Å². The van der Waals surface area contributed by atoms with Crippen LogP contribution in [0.4, 0.5) is 4.39 Å². The maximum Gasteiger partial charge on any atom is 0.174 e. The van der Waals surface area contributed by atoms with Crippen LogP contribution in [-0.2, 0) is 6.61 Å². The van der Waals surface area contributed by atoms with E-state index < -0.39 is 5.97 Å². The van der Waals surface area contributed by atoms with Gasteiger partial charge in [-0.1, -0.05) is 18.2 Å². The lowest BCUT2D eigenvalue weighted by molar-refractivity contribution is -0.255. The number of carboxylic acid groups (broad SMARTS) is 1. The van der Waals surface area contributed by atoms with Gasteiger partial charge in [0, 0.05) is 11.1 Å². The molecule has 0 saturated heterocycles. The minimum atomic E-state index is -1.30. The highest BCUT2D eigenvalue weighted by Gasteiger charge is 2.13. The lowest BCUT2D eigenvalue weighted by Crippen LogP contribution is -2.22. The Kier molecular flexibility index (Phi) is 5.00. The first-order valence-corrected chi connectivity index (χ1v) is 7.06. The third-order valence-electron chi connectivity index (χ3n) is 2.79. The molecular formula is C15H11FIO4-. The van der Waals surface area contributed by atoms with Gasteiger partial charge in [0.05, 0.1) is 16.6 Å². The fourth-order valence-corrected chi connectivity index (χ4v) is 2.50. The average Bonchev–Trinajstić information content (AvgIpc) is 2.46. The lowest BCUT2D eigenvalue weighted by atomic mass is 10.2. The van der Waals surface area contributed by atoms with Gasteiger partial charge in [-0.25, -0.2) is 4.39 Å². The van der Waals surface area contributed by atoms with Crippen LogP contribution in [0.1, 0.15) is 15.9 Å². The van der Waals surface area contributed by atoms with Gasteiger partial charge in [0.15, 0.2) is 11.5 Å². The molecule has 0 fully saturated rings. The second-order valence-electron chi connectivity index (χ2n) is 4.16. The Morgan fingerprint density at radius 3 is 2.67 bits per heavy atom. The van der Waals surface area contributed by atoms with Crippen molar-refractivity contribution >= 4 is 28.6 Å². The van der Waals surface area contributed by atoms with Gasteiger partial charge >= 0.3 is 0 Å². The smallest absolute Gasteiger partial charge is 0.174 e. The van der Waals surface area contributed by atoms with Gasteiger partial charge in [0.25, 0.3) is 0 Å². The number of aromatic carboxylic acids is 1. The van der Waals surface area contributed by atoms with Gasteiger partial charge in [-0.3, -0.25) is 0 Å². The predicted molar refractivity (Wildman–Crippen MR) is 80.8 cm³/mol. The van der Waals surface area contributed by atoms with Crippen molar-refractivity contribution in [1.29, 1.82) is 0 Å². The van der Waals surface area contributed by atoms with E-state index in [9.17, 15) is 14.3 Å². The normalized spacial score (nSPS) is 10.2. The van der Waals surface area contributed by atoms with E-state index in [0.717, 1.165) is 0 Å². The molecule has 0 N–H and O–H groups in total. The van der Waals surface area contributed by atoms with Crippen molar-refractivity contribution in [3.63, 3.8) is 0 Å². The quantitative estimate of drug-likeness (QED) is 0.723. The third-order valence-corrected chi connectivity index (χ3v) is 3.60. The van der Waals surface area contributed by atoms with E-state index in [1.54, 1.807) is 18.2 Å².